The van der Waals surface area contributed by atoms with Crippen molar-refractivity contribution in [3.8, 4) is 0 Å². The second kappa shape index (κ2) is 11.1. The Balaban J connectivity index is 1.71. The molecule has 0 radical (unpaired) electrons. The first kappa shape index (κ1) is 26.9. The van der Waals surface area contributed by atoms with Gasteiger partial charge < -0.3 is 20.1 Å². The van der Waals surface area contributed by atoms with Crippen LogP contribution in [0.25, 0.3) is 0 Å². The minimum absolute atomic E-state index is 0.194. The Morgan fingerprint density at radius 3 is 2.13 bits per heavy atom. The van der Waals surface area contributed by atoms with E-state index in [2.05, 4.69) is 16.8 Å². The minimum atomic E-state index is -1.12. The lowest BCUT2D eigenvalue weighted by Crippen LogP contribution is -2.45. The number of ether oxygens (including phenoxy) is 1. The zero-order valence-corrected chi connectivity index (χ0v) is 22.0. The van der Waals surface area contributed by atoms with Crippen LogP contribution < -0.4 is 5.32 Å². The van der Waals surface area contributed by atoms with Crippen LogP contribution in [0.5, 0.6) is 0 Å². The van der Waals surface area contributed by atoms with Crippen LogP contribution in [-0.2, 0) is 27.4 Å². The molecule has 1 saturated heterocycles. The molecule has 0 aliphatic carbocycles. The van der Waals surface area contributed by atoms with E-state index in [9.17, 15) is 19.5 Å². The molecule has 2 N–H and O–H groups in total. The van der Waals surface area contributed by atoms with Crippen LogP contribution in [0.1, 0.15) is 31.9 Å². The van der Waals surface area contributed by atoms with Gasteiger partial charge in [0.25, 0.3) is 5.91 Å². The lowest BCUT2D eigenvalue weighted by molar-refractivity contribution is -0.141. The van der Waals surface area contributed by atoms with Crippen LogP contribution >= 0.6 is 0 Å². The van der Waals surface area contributed by atoms with Crippen LogP contribution in [0.2, 0.25) is 0 Å². The maximum Gasteiger partial charge on any atom is 0.408 e. The van der Waals surface area contributed by atoms with E-state index in [1.165, 1.54) is 11.1 Å². The van der Waals surface area contributed by atoms with E-state index in [0.29, 0.717) is 25.3 Å². The number of nitrogens with zero attached hydrogens (tertiary/aromatic N) is 3. The second-order valence-corrected chi connectivity index (χ2v) is 10.4. The summed E-state index contributed by atoms with van der Waals surface area (Å²) < 4.78 is 5.33. The molecule has 4 rings (SSSR count). The number of fused-ring (bicyclic) bond motifs is 1. The van der Waals surface area contributed by atoms with E-state index in [-0.39, 0.29) is 6.54 Å². The number of alkyl carbamates (subject to hydrolysis) is 1. The molecule has 0 spiro atoms. The average molecular weight is 519 g/mol. The third-order valence-corrected chi connectivity index (χ3v) is 6.34. The Morgan fingerprint density at radius 1 is 1.11 bits per heavy atom. The summed E-state index contributed by atoms with van der Waals surface area (Å²) in [4.78, 5) is 40.4. The fourth-order valence-electron chi connectivity index (χ4n) is 4.75. The molecule has 0 saturated carbocycles. The van der Waals surface area contributed by atoms with Crippen LogP contribution in [0.4, 0.5) is 4.79 Å². The zero-order valence-electron chi connectivity index (χ0n) is 22.0. The molecule has 2 aromatic rings. The molecule has 2 aromatic carbocycles. The van der Waals surface area contributed by atoms with Crippen molar-refractivity contribution in [1.82, 2.24) is 20.2 Å². The summed E-state index contributed by atoms with van der Waals surface area (Å²) in [6.07, 6.45) is 0.643. The van der Waals surface area contributed by atoms with Gasteiger partial charge in [-0.1, -0.05) is 66.7 Å². The molecule has 2 aliphatic rings. The third kappa shape index (κ3) is 6.06. The maximum atomic E-state index is 13.6. The van der Waals surface area contributed by atoms with Gasteiger partial charge in [-0.05, 0) is 31.9 Å². The number of carbonyl (C=O) groups is 3. The van der Waals surface area contributed by atoms with E-state index < -0.39 is 35.5 Å². The quantitative estimate of drug-likeness (QED) is 0.488. The van der Waals surface area contributed by atoms with Crippen molar-refractivity contribution in [1.29, 1.82) is 0 Å². The molecular weight excluding hydrogens is 484 g/mol. The minimum Gasteiger partial charge on any atom is -0.481 e. The molecule has 2 aliphatic heterocycles. The van der Waals surface area contributed by atoms with Gasteiger partial charge in [0.2, 0.25) is 0 Å². The molecule has 1 fully saturated rings. The molecule has 2 amide bonds. The lowest BCUT2D eigenvalue weighted by atomic mass is 10.0. The first-order valence-corrected chi connectivity index (χ1v) is 12.6. The number of carbonyl (C=O) groups excluding carboxylic acids is 2. The first-order chi connectivity index (χ1) is 18.1. The van der Waals surface area contributed by atoms with Crippen molar-refractivity contribution >= 4 is 18.0 Å². The molecule has 2 heterocycles. The number of carboxylic acid groups (broad SMARTS) is 1. The van der Waals surface area contributed by atoms with E-state index in [1.807, 2.05) is 60.7 Å². The molecule has 1 unspecified atom stereocenters. The van der Waals surface area contributed by atoms with Crippen molar-refractivity contribution in [2.45, 2.75) is 45.5 Å². The van der Waals surface area contributed by atoms with Gasteiger partial charge in [-0.25, -0.2) is 14.8 Å². The predicted molar refractivity (Wildman–Crippen MR) is 142 cm³/mol. The van der Waals surface area contributed by atoms with Crippen LogP contribution in [0, 0.1) is 5.92 Å². The summed E-state index contributed by atoms with van der Waals surface area (Å²) in [7, 11) is 0. The molecule has 9 heteroatoms. The van der Waals surface area contributed by atoms with Crippen molar-refractivity contribution < 1.29 is 24.2 Å². The molecule has 200 valence electrons. The first-order valence-electron chi connectivity index (χ1n) is 12.6. The van der Waals surface area contributed by atoms with Gasteiger partial charge in [0.05, 0.1) is 17.9 Å². The van der Waals surface area contributed by atoms with Gasteiger partial charge in [-0.3, -0.25) is 9.59 Å². The van der Waals surface area contributed by atoms with Crippen molar-refractivity contribution in [3.63, 3.8) is 0 Å². The SMILES string of the molecule is C=CC(C(=O)O)C1=C(N(Cc2ccccc2)Cc2ccccc2)CN2C[C@H](NC(=O)OC(C)(C)C)C(=O)N12. The number of hydrogen-bond donors (Lipinski definition) is 2. The topological polar surface area (TPSA) is 102 Å². The van der Waals surface area contributed by atoms with E-state index in [0.717, 1.165) is 16.8 Å². The molecule has 2 atom stereocenters. The van der Waals surface area contributed by atoms with Crippen LogP contribution in [0.3, 0.4) is 0 Å². The predicted octanol–water partition coefficient (Wildman–Crippen LogP) is 3.75. The molecule has 9 nitrogen and oxygen atoms in total. The second-order valence-electron chi connectivity index (χ2n) is 10.4. The Hall–Kier alpha value is -4.11. The summed E-state index contributed by atoms with van der Waals surface area (Å²) in [6.45, 7) is 10.5. The molecule has 38 heavy (non-hydrogen) atoms. The monoisotopic (exact) mass is 518 g/mol. The molecular formula is C29H34N4O5. The lowest BCUT2D eigenvalue weighted by Gasteiger charge is -2.29. The van der Waals surface area contributed by atoms with Gasteiger partial charge in [0.15, 0.2) is 0 Å². The highest BCUT2D eigenvalue weighted by Gasteiger charge is 2.49. The van der Waals surface area contributed by atoms with Gasteiger partial charge in [-0.15, -0.1) is 6.58 Å². The number of hydrogen-bond acceptors (Lipinski definition) is 6. The summed E-state index contributed by atoms with van der Waals surface area (Å²) in [5.74, 6) is -2.63. The van der Waals surface area contributed by atoms with Crippen molar-refractivity contribution in [2.75, 3.05) is 13.1 Å². The van der Waals surface area contributed by atoms with Crippen molar-refractivity contribution in [3.05, 3.63) is 95.8 Å². The number of rotatable bonds is 9. The zero-order chi connectivity index (χ0) is 27.4. The summed E-state index contributed by atoms with van der Waals surface area (Å²) in [5.41, 5.74) is 2.47. The summed E-state index contributed by atoms with van der Waals surface area (Å²) >= 11 is 0. The van der Waals surface area contributed by atoms with Crippen LogP contribution in [0.15, 0.2) is 84.7 Å². The summed E-state index contributed by atoms with van der Waals surface area (Å²) in [5, 5.41) is 15.9. The fraction of sp³-hybridized carbons (Fsp3) is 0.345. The molecule has 0 aromatic heterocycles. The van der Waals surface area contributed by atoms with Gasteiger partial charge in [0, 0.05) is 19.6 Å². The fourth-order valence-corrected chi connectivity index (χ4v) is 4.75. The normalized spacial score (nSPS) is 18.2. The standard InChI is InChI=1S/C29H34N4O5/c1-5-22(27(35)36)25-24(19-32-18-23(26(34)33(25)32)30-28(37)38-29(2,3)4)31(16-20-12-8-6-9-13-20)17-21-14-10-7-11-15-21/h5-15,22-23H,1,16-19H2,2-4H3,(H,30,37)(H,35,36)/t22?,23-/m0/s1. The van der Waals surface area contributed by atoms with E-state index in [1.54, 1.807) is 25.8 Å². The molecule has 0 bridgehead atoms. The van der Waals surface area contributed by atoms with Gasteiger partial charge >= 0.3 is 12.1 Å². The number of amides is 2. The largest absolute Gasteiger partial charge is 0.481 e. The Bertz CT molecular complexity index is 1180. The average Bonchev–Trinajstić information content (AvgIpc) is 3.35. The van der Waals surface area contributed by atoms with Crippen LogP contribution in [-0.4, -0.2) is 62.7 Å². The number of carboxylic acids is 1. The Morgan fingerprint density at radius 2 is 1.66 bits per heavy atom. The number of hydrazine groups is 1. The number of nitrogens with one attached hydrogen (secondary N) is 1. The third-order valence-electron chi connectivity index (χ3n) is 6.34. The number of aliphatic carboxylic acids is 1. The summed E-state index contributed by atoms with van der Waals surface area (Å²) in [6, 6.07) is 18.9. The Kier molecular flexibility index (Phi) is 7.87. The van der Waals surface area contributed by atoms with Gasteiger partial charge in [-0.2, -0.15) is 0 Å². The van der Waals surface area contributed by atoms with Gasteiger partial charge in [0.1, 0.15) is 17.6 Å². The highest BCUT2D eigenvalue weighted by molar-refractivity contribution is 5.90. The number of benzene rings is 2. The highest BCUT2D eigenvalue weighted by Crippen LogP contribution is 2.37. The smallest absolute Gasteiger partial charge is 0.408 e. The maximum absolute atomic E-state index is 13.6. The van der Waals surface area contributed by atoms with E-state index >= 15 is 0 Å². The highest BCUT2D eigenvalue weighted by atomic mass is 16.6. The van der Waals surface area contributed by atoms with E-state index in [4.69, 9.17) is 4.74 Å². The Labute approximate surface area is 222 Å². The van der Waals surface area contributed by atoms with Crippen molar-refractivity contribution in [2.24, 2.45) is 5.92 Å².